The Balaban J connectivity index is 2.57. The van der Waals surface area contributed by atoms with E-state index in [1.54, 1.807) is 14.2 Å². The molecule has 0 fully saturated rings. The van der Waals surface area contributed by atoms with Crippen molar-refractivity contribution in [1.29, 1.82) is 0 Å². The van der Waals surface area contributed by atoms with Gasteiger partial charge in [-0.2, -0.15) is 0 Å². The fourth-order valence-corrected chi connectivity index (χ4v) is 4.02. The van der Waals surface area contributed by atoms with Gasteiger partial charge in [-0.15, -0.1) is 0 Å². The summed E-state index contributed by atoms with van der Waals surface area (Å²) < 4.78 is 10.8. The van der Waals surface area contributed by atoms with Gasteiger partial charge in [0.2, 0.25) is 0 Å². The SMILES string of the molecule is CCN(CC)[C@H](c1ccc(OC)cc1)[C@H](c1ccc(OC)cc1)N(CC)CC. The standard InChI is InChI=1S/C24H36N2O2/c1-7-25(8-2)23(19-11-15-21(27-5)16-12-19)24(26(9-3)10-4)20-13-17-22(28-6)18-14-20/h11-18,23-24H,7-10H2,1-6H3/t23-,24+. The Morgan fingerprint density at radius 3 is 1.07 bits per heavy atom. The first kappa shape index (κ1) is 22.3. The molecule has 0 amide bonds. The molecule has 154 valence electrons. The first-order chi connectivity index (χ1) is 13.6. The van der Waals surface area contributed by atoms with Crippen LogP contribution in [0.4, 0.5) is 0 Å². The molecular weight excluding hydrogens is 348 g/mol. The highest BCUT2D eigenvalue weighted by atomic mass is 16.5. The van der Waals surface area contributed by atoms with Crippen molar-refractivity contribution in [3.63, 3.8) is 0 Å². The van der Waals surface area contributed by atoms with Crippen LogP contribution in [-0.2, 0) is 0 Å². The van der Waals surface area contributed by atoms with E-state index < -0.39 is 0 Å². The van der Waals surface area contributed by atoms with Crippen LogP contribution in [0.2, 0.25) is 0 Å². The first-order valence-electron chi connectivity index (χ1n) is 10.4. The van der Waals surface area contributed by atoms with E-state index >= 15 is 0 Å². The fraction of sp³-hybridized carbons (Fsp3) is 0.500. The minimum absolute atomic E-state index is 0.259. The smallest absolute Gasteiger partial charge is 0.118 e. The van der Waals surface area contributed by atoms with E-state index in [1.165, 1.54) is 11.1 Å². The summed E-state index contributed by atoms with van der Waals surface area (Å²) in [5, 5.41) is 0. The number of nitrogens with zero attached hydrogens (tertiary/aromatic N) is 2. The van der Waals surface area contributed by atoms with Crippen LogP contribution in [0.1, 0.15) is 50.9 Å². The summed E-state index contributed by atoms with van der Waals surface area (Å²) in [5.41, 5.74) is 2.63. The van der Waals surface area contributed by atoms with Crippen molar-refractivity contribution in [3.05, 3.63) is 59.7 Å². The molecule has 0 unspecified atom stereocenters. The van der Waals surface area contributed by atoms with Crippen LogP contribution in [0.25, 0.3) is 0 Å². The summed E-state index contributed by atoms with van der Waals surface area (Å²) in [6.45, 7) is 13.0. The zero-order chi connectivity index (χ0) is 20.5. The van der Waals surface area contributed by atoms with E-state index in [2.05, 4.69) is 86.0 Å². The summed E-state index contributed by atoms with van der Waals surface area (Å²) >= 11 is 0. The van der Waals surface area contributed by atoms with Gasteiger partial charge in [0.1, 0.15) is 11.5 Å². The van der Waals surface area contributed by atoms with Crippen molar-refractivity contribution in [1.82, 2.24) is 9.80 Å². The molecule has 0 saturated heterocycles. The summed E-state index contributed by atoms with van der Waals surface area (Å²) in [7, 11) is 3.43. The molecule has 0 N–H and O–H groups in total. The van der Waals surface area contributed by atoms with E-state index in [0.717, 1.165) is 37.7 Å². The number of benzene rings is 2. The molecule has 2 atom stereocenters. The van der Waals surface area contributed by atoms with Crippen molar-refractivity contribution in [2.45, 2.75) is 39.8 Å². The fourth-order valence-electron chi connectivity index (χ4n) is 4.02. The summed E-state index contributed by atoms with van der Waals surface area (Å²) in [6, 6.07) is 17.6. The monoisotopic (exact) mass is 384 g/mol. The molecule has 0 radical (unpaired) electrons. The Bertz CT molecular complexity index is 615. The van der Waals surface area contributed by atoms with E-state index in [1.807, 2.05) is 0 Å². The Morgan fingerprint density at radius 2 is 0.857 bits per heavy atom. The van der Waals surface area contributed by atoms with Crippen LogP contribution in [-0.4, -0.2) is 50.2 Å². The van der Waals surface area contributed by atoms with Crippen molar-refractivity contribution in [2.75, 3.05) is 40.4 Å². The van der Waals surface area contributed by atoms with Crippen LogP contribution >= 0.6 is 0 Å². The number of methoxy groups -OCH3 is 2. The normalized spacial score (nSPS) is 13.6. The van der Waals surface area contributed by atoms with Gasteiger partial charge in [-0.25, -0.2) is 0 Å². The molecule has 0 aromatic heterocycles. The molecule has 2 aromatic rings. The van der Waals surface area contributed by atoms with Crippen molar-refractivity contribution in [2.24, 2.45) is 0 Å². The second-order valence-corrected chi connectivity index (χ2v) is 6.88. The number of likely N-dealkylation sites (N-methyl/N-ethyl adjacent to an activating group) is 2. The molecule has 0 saturated carbocycles. The predicted molar refractivity (Wildman–Crippen MR) is 117 cm³/mol. The number of ether oxygens (including phenoxy) is 2. The van der Waals surface area contributed by atoms with Gasteiger partial charge >= 0.3 is 0 Å². The van der Waals surface area contributed by atoms with Gasteiger partial charge in [0.25, 0.3) is 0 Å². The molecule has 28 heavy (non-hydrogen) atoms. The number of rotatable bonds is 11. The maximum atomic E-state index is 5.38. The van der Waals surface area contributed by atoms with Crippen LogP contribution in [0.5, 0.6) is 11.5 Å². The summed E-state index contributed by atoms with van der Waals surface area (Å²) in [4.78, 5) is 5.10. The van der Waals surface area contributed by atoms with Crippen molar-refractivity contribution in [3.8, 4) is 11.5 Å². The van der Waals surface area contributed by atoms with E-state index in [9.17, 15) is 0 Å². The zero-order valence-corrected chi connectivity index (χ0v) is 18.3. The average molecular weight is 385 g/mol. The van der Waals surface area contributed by atoms with Gasteiger partial charge in [0, 0.05) is 0 Å². The third-order valence-corrected chi connectivity index (χ3v) is 5.63. The van der Waals surface area contributed by atoms with Crippen LogP contribution in [0.3, 0.4) is 0 Å². The summed E-state index contributed by atoms with van der Waals surface area (Å²) in [5.74, 6) is 1.79. The van der Waals surface area contributed by atoms with Crippen molar-refractivity contribution < 1.29 is 9.47 Å². The highest BCUT2D eigenvalue weighted by Crippen LogP contribution is 2.39. The minimum atomic E-state index is 0.259. The van der Waals surface area contributed by atoms with Gasteiger partial charge in [0.15, 0.2) is 0 Å². The van der Waals surface area contributed by atoms with Gasteiger partial charge in [-0.1, -0.05) is 52.0 Å². The van der Waals surface area contributed by atoms with E-state index in [4.69, 9.17) is 9.47 Å². The molecule has 0 aliphatic carbocycles. The lowest BCUT2D eigenvalue weighted by Crippen LogP contribution is -2.41. The summed E-state index contributed by atoms with van der Waals surface area (Å²) in [6.07, 6.45) is 0. The van der Waals surface area contributed by atoms with E-state index in [0.29, 0.717) is 0 Å². The molecule has 0 spiro atoms. The zero-order valence-electron chi connectivity index (χ0n) is 18.3. The molecule has 2 aromatic carbocycles. The van der Waals surface area contributed by atoms with Gasteiger partial charge in [-0.3, -0.25) is 9.80 Å². The molecular formula is C24H36N2O2. The van der Waals surface area contributed by atoms with Gasteiger partial charge < -0.3 is 9.47 Å². The quantitative estimate of drug-likeness (QED) is 0.534. The van der Waals surface area contributed by atoms with Gasteiger partial charge in [0.05, 0.1) is 26.3 Å². The predicted octanol–water partition coefficient (Wildman–Crippen LogP) is 5.17. The molecule has 0 bridgehead atoms. The molecule has 2 rings (SSSR count). The maximum Gasteiger partial charge on any atom is 0.118 e. The molecule has 4 nitrogen and oxygen atoms in total. The minimum Gasteiger partial charge on any atom is -0.497 e. The lowest BCUT2D eigenvalue weighted by atomic mass is 9.90. The topological polar surface area (TPSA) is 24.9 Å². The Morgan fingerprint density at radius 1 is 0.571 bits per heavy atom. The van der Waals surface area contributed by atoms with Crippen LogP contribution < -0.4 is 9.47 Å². The molecule has 0 aliphatic rings. The molecule has 4 heteroatoms. The van der Waals surface area contributed by atoms with Crippen LogP contribution in [0.15, 0.2) is 48.5 Å². The van der Waals surface area contributed by atoms with Crippen LogP contribution in [0, 0.1) is 0 Å². The largest absolute Gasteiger partial charge is 0.497 e. The number of hydrogen-bond acceptors (Lipinski definition) is 4. The highest BCUT2D eigenvalue weighted by Gasteiger charge is 2.32. The molecule has 0 aliphatic heterocycles. The second-order valence-electron chi connectivity index (χ2n) is 6.88. The lowest BCUT2D eigenvalue weighted by molar-refractivity contribution is 0.0889. The Labute approximate surface area is 171 Å². The van der Waals surface area contributed by atoms with Gasteiger partial charge in [-0.05, 0) is 61.6 Å². The van der Waals surface area contributed by atoms with Crippen molar-refractivity contribution >= 4 is 0 Å². The molecule has 0 heterocycles. The number of hydrogen-bond donors (Lipinski definition) is 0. The Kier molecular flexibility index (Phi) is 8.81. The average Bonchev–Trinajstić information content (AvgIpc) is 2.76. The lowest BCUT2D eigenvalue weighted by Gasteiger charge is -2.42. The maximum absolute atomic E-state index is 5.38. The van der Waals surface area contributed by atoms with E-state index in [-0.39, 0.29) is 12.1 Å². The third kappa shape index (κ3) is 5.06. The third-order valence-electron chi connectivity index (χ3n) is 5.63. The Hall–Kier alpha value is -2.04. The first-order valence-corrected chi connectivity index (χ1v) is 10.4. The highest BCUT2D eigenvalue weighted by molar-refractivity contribution is 5.35. The second kappa shape index (κ2) is 11.1.